The minimum atomic E-state index is 0.721. The number of aryl methyl sites for hydroxylation is 1. The molecule has 6 heteroatoms. The molecule has 0 bridgehead atoms. The van der Waals surface area contributed by atoms with Gasteiger partial charge in [0.05, 0.1) is 18.9 Å². The van der Waals surface area contributed by atoms with Gasteiger partial charge in [0.2, 0.25) is 5.95 Å². The molecule has 0 amide bonds. The summed E-state index contributed by atoms with van der Waals surface area (Å²) in [7, 11) is 0. The van der Waals surface area contributed by atoms with E-state index in [2.05, 4.69) is 93.3 Å². The lowest BCUT2D eigenvalue weighted by atomic mass is 10.1. The summed E-state index contributed by atoms with van der Waals surface area (Å²) in [6.07, 6.45) is 0. The summed E-state index contributed by atoms with van der Waals surface area (Å²) in [6, 6.07) is 23.6. The molecule has 3 aromatic carbocycles. The predicted molar refractivity (Wildman–Crippen MR) is 123 cm³/mol. The van der Waals surface area contributed by atoms with Gasteiger partial charge >= 0.3 is 0 Å². The first-order valence-electron chi connectivity index (χ1n) is 10.2. The average molecular weight is 417 g/mol. The predicted octanol–water partition coefficient (Wildman–Crippen LogP) is 4.86. The van der Waals surface area contributed by atoms with Gasteiger partial charge in [-0.1, -0.05) is 71.9 Å². The van der Waals surface area contributed by atoms with E-state index < -0.39 is 0 Å². The minimum Gasteiger partial charge on any atom is -0.378 e. The molecule has 5 rings (SSSR count). The molecule has 30 heavy (non-hydrogen) atoms. The van der Waals surface area contributed by atoms with Crippen molar-refractivity contribution in [3.05, 3.63) is 77.9 Å². The van der Waals surface area contributed by atoms with Crippen LogP contribution in [0.1, 0.15) is 11.1 Å². The van der Waals surface area contributed by atoms with Gasteiger partial charge in [0.1, 0.15) is 0 Å². The standard InChI is InChI=1S/C24H24N4OS/c1-18-9-11-21(12-10-18)28-23(27-13-15-29-16-14-27)25-26-24(28)30-17-20-7-4-6-19-5-2-3-8-22(19)20/h2-12H,13-17H2,1H3. The van der Waals surface area contributed by atoms with E-state index in [1.54, 1.807) is 11.8 Å². The van der Waals surface area contributed by atoms with Crippen LogP contribution in [0.5, 0.6) is 0 Å². The molecule has 1 aromatic heterocycles. The highest BCUT2D eigenvalue weighted by molar-refractivity contribution is 7.98. The monoisotopic (exact) mass is 416 g/mol. The lowest BCUT2D eigenvalue weighted by Gasteiger charge is -2.28. The molecule has 0 atom stereocenters. The van der Waals surface area contributed by atoms with Gasteiger partial charge in [0, 0.05) is 18.8 Å². The molecule has 5 nitrogen and oxygen atoms in total. The van der Waals surface area contributed by atoms with Crippen molar-refractivity contribution in [3.63, 3.8) is 0 Å². The largest absolute Gasteiger partial charge is 0.378 e. The molecule has 4 aromatic rings. The molecule has 0 unspecified atom stereocenters. The van der Waals surface area contributed by atoms with Crippen LogP contribution in [0.3, 0.4) is 0 Å². The van der Waals surface area contributed by atoms with E-state index in [4.69, 9.17) is 4.74 Å². The number of ether oxygens (including phenoxy) is 1. The molecular weight excluding hydrogens is 392 g/mol. The van der Waals surface area contributed by atoms with Gasteiger partial charge in [0.15, 0.2) is 5.16 Å². The second kappa shape index (κ2) is 8.50. The highest BCUT2D eigenvalue weighted by Gasteiger charge is 2.22. The Morgan fingerprint density at radius 2 is 1.67 bits per heavy atom. The second-order valence-corrected chi connectivity index (χ2v) is 8.42. The highest BCUT2D eigenvalue weighted by atomic mass is 32.2. The topological polar surface area (TPSA) is 43.2 Å². The Morgan fingerprint density at radius 3 is 2.50 bits per heavy atom. The van der Waals surface area contributed by atoms with Crippen molar-refractivity contribution in [1.29, 1.82) is 0 Å². The van der Waals surface area contributed by atoms with E-state index in [0.29, 0.717) is 0 Å². The van der Waals surface area contributed by atoms with Crippen LogP contribution in [-0.4, -0.2) is 41.1 Å². The lowest BCUT2D eigenvalue weighted by Crippen LogP contribution is -2.37. The molecule has 1 fully saturated rings. The number of nitrogens with zero attached hydrogens (tertiary/aromatic N) is 4. The summed E-state index contributed by atoms with van der Waals surface area (Å²) in [5.74, 6) is 1.73. The molecule has 0 radical (unpaired) electrons. The highest BCUT2D eigenvalue weighted by Crippen LogP contribution is 2.31. The van der Waals surface area contributed by atoms with E-state index in [-0.39, 0.29) is 0 Å². The van der Waals surface area contributed by atoms with Crippen LogP contribution in [0.15, 0.2) is 71.9 Å². The van der Waals surface area contributed by atoms with E-state index in [9.17, 15) is 0 Å². The molecule has 1 saturated heterocycles. The Balaban J connectivity index is 1.49. The summed E-state index contributed by atoms with van der Waals surface area (Å²) in [4.78, 5) is 2.26. The molecule has 2 heterocycles. The van der Waals surface area contributed by atoms with E-state index in [0.717, 1.165) is 48.8 Å². The third-order valence-corrected chi connectivity index (χ3v) is 6.42. The van der Waals surface area contributed by atoms with E-state index in [1.165, 1.54) is 21.9 Å². The SMILES string of the molecule is Cc1ccc(-n2c(SCc3cccc4ccccc34)nnc2N2CCOCC2)cc1. The van der Waals surface area contributed by atoms with Crippen LogP contribution in [-0.2, 0) is 10.5 Å². The number of thioether (sulfide) groups is 1. The Bertz CT molecular complexity index is 1140. The van der Waals surface area contributed by atoms with Gasteiger partial charge in [0.25, 0.3) is 0 Å². The van der Waals surface area contributed by atoms with Crippen molar-refractivity contribution in [2.45, 2.75) is 17.8 Å². The summed E-state index contributed by atoms with van der Waals surface area (Å²) < 4.78 is 7.71. The third kappa shape index (κ3) is 3.80. The Kier molecular flexibility index (Phi) is 5.43. The fourth-order valence-corrected chi connectivity index (χ4v) is 4.76. The summed E-state index contributed by atoms with van der Waals surface area (Å²) >= 11 is 1.73. The quantitative estimate of drug-likeness (QED) is 0.435. The fraction of sp³-hybridized carbons (Fsp3) is 0.250. The average Bonchev–Trinajstić information content (AvgIpc) is 3.23. The summed E-state index contributed by atoms with van der Waals surface area (Å²) in [5, 5.41) is 12.6. The first-order valence-corrected chi connectivity index (χ1v) is 11.2. The molecule has 0 N–H and O–H groups in total. The maximum absolute atomic E-state index is 5.53. The molecule has 0 spiro atoms. The van der Waals surface area contributed by atoms with Crippen LogP contribution in [0, 0.1) is 6.92 Å². The molecule has 1 aliphatic heterocycles. The Morgan fingerprint density at radius 1 is 0.900 bits per heavy atom. The zero-order valence-electron chi connectivity index (χ0n) is 17.0. The number of hydrogen-bond acceptors (Lipinski definition) is 5. The summed E-state index contributed by atoms with van der Waals surface area (Å²) in [5.41, 5.74) is 3.64. The fourth-order valence-electron chi connectivity index (χ4n) is 3.80. The van der Waals surface area contributed by atoms with Crippen molar-refractivity contribution in [3.8, 4) is 5.69 Å². The van der Waals surface area contributed by atoms with Gasteiger partial charge in [-0.15, -0.1) is 10.2 Å². The molecule has 0 aliphatic carbocycles. The summed E-state index contributed by atoms with van der Waals surface area (Å²) in [6.45, 7) is 5.21. The number of anilines is 1. The number of benzene rings is 3. The van der Waals surface area contributed by atoms with Crippen LogP contribution >= 0.6 is 11.8 Å². The second-order valence-electron chi connectivity index (χ2n) is 7.48. The molecule has 1 aliphatic rings. The van der Waals surface area contributed by atoms with Gasteiger partial charge in [-0.2, -0.15) is 0 Å². The van der Waals surface area contributed by atoms with Crippen molar-refractivity contribution < 1.29 is 4.74 Å². The zero-order chi connectivity index (χ0) is 20.3. The van der Waals surface area contributed by atoms with Crippen LogP contribution in [0.2, 0.25) is 0 Å². The number of morpholine rings is 1. The zero-order valence-corrected chi connectivity index (χ0v) is 17.8. The maximum atomic E-state index is 5.53. The third-order valence-electron chi connectivity index (χ3n) is 5.44. The van der Waals surface area contributed by atoms with Crippen molar-refractivity contribution in [2.24, 2.45) is 0 Å². The number of fused-ring (bicyclic) bond motifs is 1. The first kappa shape index (κ1) is 19.2. The van der Waals surface area contributed by atoms with E-state index in [1.807, 2.05) is 0 Å². The van der Waals surface area contributed by atoms with Crippen molar-refractivity contribution in [1.82, 2.24) is 14.8 Å². The van der Waals surface area contributed by atoms with Gasteiger partial charge in [-0.25, -0.2) is 0 Å². The first-order chi connectivity index (χ1) is 14.8. The molecular formula is C24H24N4OS. The van der Waals surface area contributed by atoms with Gasteiger partial charge < -0.3 is 9.64 Å². The maximum Gasteiger partial charge on any atom is 0.232 e. The van der Waals surface area contributed by atoms with Gasteiger partial charge in [-0.05, 0) is 35.4 Å². The number of hydrogen-bond donors (Lipinski definition) is 0. The van der Waals surface area contributed by atoms with Crippen molar-refractivity contribution in [2.75, 3.05) is 31.2 Å². The van der Waals surface area contributed by atoms with Gasteiger partial charge in [-0.3, -0.25) is 4.57 Å². The lowest BCUT2D eigenvalue weighted by molar-refractivity contribution is 0.122. The minimum absolute atomic E-state index is 0.721. The number of rotatable bonds is 5. The van der Waals surface area contributed by atoms with Crippen molar-refractivity contribution >= 4 is 28.5 Å². The molecule has 0 saturated carbocycles. The number of aromatic nitrogens is 3. The molecule has 152 valence electrons. The van der Waals surface area contributed by atoms with Crippen LogP contribution < -0.4 is 4.90 Å². The normalized spacial score (nSPS) is 14.4. The van der Waals surface area contributed by atoms with Crippen LogP contribution in [0.25, 0.3) is 16.5 Å². The van der Waals surface area contributed by atoms with E-state index >= 15 is 0 Å². The smallest absolute Gasteiger partial charge is 0.232 e. The van der Waals surface area contributed by atoms with Crippen LogP contribution in [0.4, 0.5) is 5.95 Å². The Hall–Kier alpha value is -2.83. The Labute approximate surface area is 180 Å².